The Morgan fingerprint density at radius 2 is 1.20 bits per heavy atom. The predicted molar refractivity (Wildman–Crippen MR) is 45.9 cm³/mol. The molecule has 1 aliphatic rings. The van der Waals surface area contributed by atoms with Crippen LogP contribution in [0.4, 0.5) is 0 Å². The Morgan fingerprint density at radius 1 is 0.900 bits per heavy atom. The van der Waals surface area contributed by atoms with E-state index in [1.807, 2.05) is 39.8 Å². The van der Waals surface area contributed by atoms with E-state index >= 15 is 0 Å². The molecule has 0 spiro atoms. The standard InChI is InChI=1S/C8H8.C2H6/c1-7-3-5-8(2)6-4-7;1-2/h3,5H,1-2H3;1-2H3. The van der Waals surface area contributed by atoms with Crippen LogP contribution in [0.25, 0.3) is 0 Å². The zero-order chi connectivity index (χ0) is 7.98. The van der Waals surface area contributed by atoms with Crippen molar-refractivity contribution in [3.63, 3.8) is 0 Å². The molecule has 0 saturated heterocycles. The van der Waals surface area contributed by atoms with Crippen molar-refractivity contribution in [3.05, 3.63) is 34.8 Å². The van der Waals surface area contributed by atoms with Gasteiger partial charge in [-0.25, -0.2) is 0 Å². The van der Waals surface area contributed by atoms with Crippen LogP contribution in [-0.4, -0.2) is 0 Å². The van der Waals surface area contributed by atoms with Crippen molar-refractivity contribution in [2.24, 2.45) is 0 Å². The molecular weight excluding hydrogens is 120 g/mol. The average molecular weight is 134 g/mol. The first-order valence-electron chi connectivity index (χ1n) is 3.66. The number of rotatable bonds is 0. The fraction of sp³-hybridized carbons (Fsp3) is 0.400. The van der Waals surface area contributed by atoms with Gasteiger partial charge < -0.3 is 0 Å². The van der Waals surface area contributed by atoms with Crippen LogP contribution in [0.1, 0.15) is 27.7 Å². The number of hydrogen-bond donors (Lipinski definition) is 0. The molecule has 0 aliphatic heterocycles. The molecule has 1 rings (SSSR count). The first-order valence-corrected chi connectivity index (χ1v) is 3.66. The van der Waals surface area contributed by atoms with Gasteiger partial charge in [0.25, 0.3) is 0 Å². The van der Waals surface area contributed by atoms with Crippen molar-refractivity contribution in [2.75, 3.05) is 0 Å². The minimum absolute atomic E-state index is 1.15. The van der Waals surface area contributed by atoms with Crippen LogP contribution in [-0.2, 0) is 0 Å². The summed E-state index contributed by atoms with van der Waals surface area (Å²) in [6, 6.07) is 0. The molecule has 0 unspecified atom stereocenters. The van der Waals surface area contributed by atoms with E-state index in [9.17, 15) is 0 Å². The molecular formula is C10H14. The SMILES string of the molecule is CC.CC1=C=C=C(C)C=C1. The fourth-order valence-corrected chi connectivity index (χ4v) is 0.531. The van der Waals surface area contributed by atoms with Crippen LogP contribution in [0.2, 0.25) is 0 Å². The summed E-state index contributed by atoms with van der Waals surface area (Å²) in [7, 11) is 0. The normalized spacial score (nSPS) is 13.2. The summed E-state index contributed by atoms with van der Waals surface area (Å²) in [4.78, 5) is 0. The van der Waals surface area contributed by atoms with Gasteiger partial charge in [0.05, 0.1) is 0 Å². The molecule has 10 heavy (non-hydrogen) atoms. The summed E-state index contributed by atoms with van der Waals surface area (Å²) >= 11 is 0. The molecule has 0 radical (unpaired) electrons. The minimum Gasteiger partial charge on any atom is -0.0683 e. The van der Waals surface area contributed by atoms with E-state index in [0.29, 0.717) is 0 Å². The molecule has 0 aromatic carbocycles. The van der Waals surface area contributed by atoms with Crippen LogP contribution in [0.3, 0.4) is 0 Å². The molecule has 0 amide bonds. The van der Waals surface area contributed by atoms with Crippen molar-refractivity contribution < 1.29 is 0 Å². The van der Waals surface area contributed by atoms with Crippen molar-refractivity contribution >= 4 is 0 Å². The third-order valence-electron chi connectivity index (χ3n) is 1.04. The third-order valence-corrected chi connectivity index (χ3v) is 1.04. The second kappa shape index (κ2) is 4.88. The molecule has 0 aromatic rings. The Labute approximate surface area is 63.3 Å². The molecule has 1 aliphatic carbocycles. The average Bonchev–Trinajstić information content (AvgIpc) is 2.00. The van der Waals surface area contributed by atoms with E-state index < -0.39 is 0 Å². The van der Waals surface area contributed by atoms with Gasteiger partial charge in [-0.3, -0.25) is 0 Å². The molecule has 0 bridgehead atoms. The lowest BCUT2D eigenvalue weighted by molar-refractivity contribution is 1.45. The molecule has 0 N–H and O–H groups in total. The van der Waals surface area contributed by atoms with E-state index in [1.54, 1.807) is 0 Å². The maximum atomic E-state index is 2.97. The Bertz CT molecular complexity index is 192. The number of allylic oxidation sites excluding steroid dienone is 4. The number of hydrogen-bond acceptors (Lipinski definition) is 0. The lowest BCUT2D eigenvalue weighted by Crippen LogP contribution is -1.70. The summed E-state index contributed by atoms with van der Waals surface area (Å²) in [5.41, 5.74) is 8.25. The highest BCUT2D eigenvalue weighted by molar-refractivity contribution is 5.29. The van der Waals surface area contributed by atoms with Gasteiger partial charge in [0.2, 0.25) is 0 Å². The second-order valence-corrected chi connectivity index (χ2v) is 1.95. The van der Waals surface area contributed by atoms with E-state index in [1.165, 1.54) is 0 Å². The molecule has 0 fully saturated rings. The van der Waals surface area contributed by atoms with Crippen LogP contribution in [0.15, 0.2) is 34.8 Å². The first-order chi connectivity index (χ1) is 4.79. The monoisotopic (exact) mass is 134 g/mol. The zero-order valence-electron chi connectivity index (χ0n) is 7.15. The van der Waals surface area contributed by atoms with Gasteiger partial charge in [-0.15, -0.1) is 0 Å². The Hall–Kier alpha value is -0.960. The van der Waals surface area contributed by atoms with E-state index in [2.05, 4.69) is 11.5 Å². The van der Waals surface area contributed by atoms with Gasteiger partial charge in [-0.05, 0) is 25.0 Å². The largest absolute Gasteiger partial charge is 0.0683 e. The first kappa shape index (κ1) is 9.04. The van der Waals surface area contributed by atoms with Crippen LogP contribution >= 0.6 is 0 Å². The summed E-state index contributed by atoms with van der Waals surface area (Å²) < 4.78 is 0. The highest BCUT2D eigenvalue weighted by atomic mass is 13.9. The van der Waals surface area contributed by atoms with Crippen molar-refractivity contribution in [2.45, 2.75) is 27.7 Å². The molecule has 0 nitrogen and oxygen atoms in total. The molecule has 0 atom stereocenters. The maximum Gasteiger partial charge on any atom is -0.000683 e. The van der Waals surface area contributed by atoms with Gasteiger partial charge in [0.1, 0.15) is 0 Å². The minimum atomic E-state index is 1.15. The Morgan fingerprint density at radius 3 is 1.40 bits per heavy atom. The summed E-state index contributed by atoms with van der Waals surface area (Å²) in [5.74, 6) is 0. The maximum absolute atomic E-state index is 2.97. The summed E-state index contributed by atoms with van der Waals surface area (Å²) in [6.45, 7) is 8.02. The van der Waals surface area contributed by atoms with Crippen molar-refractivity contribution in [1.29, 1.82) is 0 Å². The third kappa shape index (κ3) is 3.14. The predicted octanol–water partition coefficient (Wildman–Crippen LogP) is 3.23. The van der Waals surface area contributed by atoms with Gasteiger partial charge in [0, 0.05) is 0 Å². The van der Waals surface area contributed by atoms with Gasteiger partial charge in [-0.1, -0.05) is 37.5 Å². The second-order valence-electron chi connectivity index (χ2n) is 1.95. The van der Waals surface area contributed by atoms with Gasteiger partial charge in [0.15, 0.2) is 0 Å². The van der Waals surface area contributed by atoms with Crippen LogP contribution in [0.5, 0.6) is 0 Å². The van der Waals surface area contributed by atoms with Gasteiger partial charge in [-0.2, -0.15) is 0 Å². The fourth-order valence-electron chi connectivity index (χ4n) is 0.531. The van der Waals surface area contributed by atoms with E-state index in [4.69, 9.17) is 0 Å². The Kier molecular flexibility index (Phi) is 4.41. The lowest BCUT2D eigenvalue weighted by atomic mass is 10.2. The molecule has 0 heterocycles. The highest BCUT2D eigenvalue weighted by Crippen LogP contribution is 2.01. The van der Waals surface area contributed by atoms with Crippen molar-refractivity contribution in [1.82, 2.24) is 0 Å². The van der Waals surface area contributed by atoms with E-state index in [-0.39, 0.29) is 0 Å². The quantitative estimate of drug-likeness (QED) is 0.446. The topological polar surface area (TPSA) is 0 Å². The molecule has 0 aromatic heterocycles. The van der Waals surface area contributed by atoms with E-state index in [0.717, 1.165) is 11.1 Å². The molecule has 54 valence electrons. The van der Waals surface area contributed by atoms with Crippen LogP contribution < -0.4 is 0 Å². The highest BCUT2D eigenvalue weighted by Gasteiger charge is 1.83. The smallest absolute Gasteiger partial charge is 0.000683 e. The Balaban J connectivity index is 0.000000371. The summed E-state index contributed by atoms with van der Waals surface area (Å²) in [6.07, 6.45) is 4.07. The van der Waals surface area contributed by atoms with Gasteiger partial charge >= 0.3 is 0 Å². The van der Waals surface area contributed by atoms with Crippen molar-refractivity contribution in [3.8, 4) is 0 Å². The van der Waals surface area contributed by atoms with Crippen LogP contribution in [0, 0.1) is 0 Å². The zero-order valence-corrected chi connectivity index (χ0v) is 7.15. The summed E-state index contributed by atoms with van der Waals surface area (Å²) in [5, 5.41) is 0. The lowest BCUT2D eigenvalue weighted by Gasteiger charge is -1.88. The molecule has 0 saturated carbocycles. The molecule has 0 heteroatoms.